The Bertz CT molecular complexity index is 1190. The lowest BCUT2D eigenvalue weighted by Crippen LogP contribution is -2.28. The van der Waals surface area contributed by atoms with Gasteiger partial charge in [-0.05, 0) is 60.1 Å². The van der Waals surface area contributed by atoms with Gasteiger partial charge < -0.3 is 10.6 Å². The third-order valence-corrected chi connectivity index (χ3v) is 5.68. The SMILES string of the molecule is Cc1nn(Cc2cccc3ccccc23)c(C)c1NC(=S)NCc1ccc(Cl)cc1. The van der Waals surface area contributed by atoms with Gasteiger partial charge in [-0.25, -0.2) is 0 Å². The van der Waals surface area contributed by atoms with Crippen molar-refractivity contribution in [2.24, 2.45) is 0 Å². The second-order valence-electron chi connectivity index (χ2n) is 7.28. The van der Waals surface area contributed by atoms with Crippen molar-refractivity contribution in [3.63, 3.8) is 0 Å². The summed E-state index contributed by atoms with van der Waals surface area (Å²) in [4.78, 5) is 0. The number of halogens is 1. The summed E-state index contributed by atoms with van der Waals surface area (Å²) in [5.74, 6) is 0. The number of aryl methyl sites for hydroxylation is 1. The molecular formula is C24H23ClN4S. The summed E-state index contributed by atoms with van der Waals surface area (Å²) in [5, 5.41) is 15.1. The number of benzene rings is 3. The van der Waals surface area contributed by atoms with Crippen LogP contribution in [0.4, 0.5) is 5.69 Å². The van der Waals surface area contributed by atoms with E-state index in [4.69, 9.17) is 28.9 Å². The second-order valence-corrected chi connectivity index (χ2v) is 8.12. The molecule has 0 saturated heterocycles. The van der Waals surface area contributed by atoms with Gasteiger partial charge in [-0.15, -0.1) is 0 Å². The minimum absolute atomic E-state index is 0.570. The zero-order valence-electron chi connectivity index (χ0n) is 16.9. The van der Waals surface area contributed by atoms with E-state index < -0.39 is 0 Å². The Labute approximate surface area is 186 Å². The largest absolute Gasteiger partial charge is 0.358 e. The van der Waals surface area contributed by atoms with Gasteiger partial charge in [0.05, 0.1) is 23.6 Å². The molecule has 0 spiro atoms. The van der Waals surface area contributed by atoms with Crippen LogP contribution in [0, 0.1) is 13.8 Å². The molecule has 152 valence electrons. The monoisotopic (exact) mass is 434 g/mol. The highest BCUT2D eigenvalue weighted by atomic mass is 35.5. The Balaban J connectivity index is 1.47. The van der Waals surface area contributed by atoms with Gasteiger partial charge in [-0.1, -0.05) is 66.2 Å². The van der Waals surface area contributed by atoms with Crippen molar-refractivity contribution in [3.05, 3.63) is 94.3 Å². The molecule has 0 fully saturated rings. The van der Waals surface area contributed by atoms with Crippen LogP contribution < -0.4 is 10.6 Å². The first kappa shape index (κ1) is 20.4. The summed E-state index contributed by atoms with van der Waals surface area (Å²) in [7, 11) is 0. The van der Waals surface area contributed by atoms with Crippen molar-refractivity contribution in [2.75, 3.05) is 5.32 Å². The van der Waals surface area contributed by atoms with Crippen molar-refractivity contribution < 1.29 is 0 Å². The standard InChI is InChI=1S/C24H23ClN4S/c1-16-23(27-24(30)26-14-18-10-12-21(25)13-11-18)17(2)29(28-16)15-20-8-5-7-19-6-3-4-9-22(19)20/h3-13H,14-15H2,1-2H3,(H2,26,27,30). The van der Waals surface area contributed by atoms with Gasteiger partial charge in [0.2, 0.25) is 0 Å². The molecule has 0 bridgehead atoms. The molecule has 6 heteroatoms. The van der Waals surface area contributed by atoms with Gasteiger partial charge >= 0.3 is 0 Å². The third kappa shape index (κ3) is 4.48. The first-order valence-electron chi connectivity index (χ1n) is 9.81. The molecule has 0 saturated carbocycles. The van der Waals surface area contributed by atoms with Gasteiger partial charge in [0.25, 0.3) is 0 Å². The van der Waals surface area contributed by atoms with E-state index in [9.17, 15) is 0 Å². The molecule has 0 aliphatic heterocycles. The van der Waals surface area contributed by atoms with Crippen LogP contribution in [0.1, 0.15) is 22.5 Å². The number of fused-ring (bicyclic) bond motifs is 1. The molecule has 4 aromatic rings. The highest BCUT2D eigenvalue weighted by Gasteiger charge is 2.14. The van der Waals surface area contributed by atoms with Crippen molar-refractivity contribution in [3.8, 4) is 0 Å². The predicted octanol–water partition coefficient (Wildman–Crippen LogP) is 5.84. The number of anilines is 1. The Morgan fingerprint density at radius 1 is 1.00 bits per heavy atom. The predicted molar refractivity (Wildman–Crippen MR) is 129 cm³/mol. The van der Waals surface area contributed by atoms with E-state index in [-0.39, 0.29) is 0 Å². The highest BCUT2D eigenvalue weighted by Crippen LogP contribution is 2.23. The third-order valence-electron chi connectivity index (χ3n) is 5.19. The molecule has 1 aromatic heterocycles. The molecule has 3 aromatic carbocycles. The second kappa shape index (κ2) is 8.86. The number of rotatable bonds is 5. The molecule has 30 heavy (non-hydrogen) atoms. The average molecular weight is 435 g/mol. The van der Waals surface area contributed by atoms with Gasteiger partial charge in [0, 0.05) is 11.6 Å². The number of hydrogen-bond acceptors (Lipinski definition) is 2. The highest BCUT2D eigenvalue weighted by molar-refractivity contribution is 7.80. The van der Waals surface area contributed by atoms with Crippen LogP contribution >= 0.6 is 23.8 Å². The maximum atomic E-state index is 5.94. The van der Waals surface area contributed by atoms with Crippen LogP contribution in [0.2, 0.25) is 5.02 Å². The van der Waals surface area contributed by atoms with Crippen LogP contribution in [0.3, 0.4) is 0 Å². The first-order valence-corrected chi connectivity index (χ1v) is 10.6. The summed E-state index contributed by atoms with van der Waals surface area (Å²) < 4.78 is 2.03. The zero-order valence-corrected chi connectivity index (χ0v) is 18.5. The lowest BCUT2D eigenvalue weighted by Gasteiger charge is -2.12. The molecular weight excluding hydrogens is 412 g/mol. The molecule has 1 heterocycles. The van der Waals surface area contributed by atoms with E-state index in [0.717, 1.165) is 27.7 Å². The maximum Gasteiger partial charge on any atom is 0.171 e. The molecule has 0 aliphatic carbocycles. The van der Waals surface area contributed by atoms with E-state index >= 15 is 0 Å². The van der Waals surface area contributed by atoms with E-state index in [0.29, 0.717) is 18.2 Å². The quantitative estimate of drug-likeness (QED) is 0.387. The normalized spacial score (nSPS) is 10.9. The van der Waals surface area contributed by atoms with Crippen LogP contribution in [-0.2, 0) is 13.1 Å². The summed E-state index contributed by atoms with van der Waals surface area (Å²) in [6.07, 6.45) is 0. The zero-order chi connectivity index (χ0) is 21.1. The molecule has 4 nitrogen and oxygen atoms in total. The summed E-state index contributed by atoms with van der Waals surface area (Å²) in [5.41, 5.74) is 5.28. The van der Waals surface area contributed by atoms with Crippen molar-refractivity contribution in [1.82, 2.24) is 15.1 Å². The van der Waals surface area contributed by atoms with Crippen LogP contribution in [0.15, 0.2) is 66.7 Å². The topological polar surface area (TPSA) is 41.9 Å². The molecule has 2 N–H and O–H groups in total. The Morgan fingerprint density at radius 2 is 1.73 bits per heavy atom. The van der Waals surface area contributed by atoms with Crippen molar-refractivity contribution in [1.29, 1.82) is 0 Å². The number of aromatic nitrogens is 2. The number of thiocarbonyl (C=S) groups is 1. The molecule has 0 aliphatic rings. The fourth-order valence-electron chi connectivity index (χ4n) is 3.57. The van der Waals surface area contributed by atoms with Gasteiger partial charge in [0.15, 0.2) is 5.11 Å². The van der Waals surface area contributed by atoms with Crippen LogP contribution in [0.25, 0.3) is 10.8 Å². The molecule has 4 rings (SSSR count). The van der Waals surface area contributed by atoms with Gasteiger partial charge in [-0.2, -0.15) is 5.10 Å². The number of nitrogens with one attached hydrogen (secondary N) is 2. The van der Waals surface area contributed by atoms with E-state index in [1.54, 1.807) is 0 Å². The number of hydrogen-bond donors (Lipinski definition) is 2. The van der Waals surface area contributed by atoms with E-state index in [1.807, 2.05) is 35.9 Å². The Hall–Kier alpha value is -2.89. The molecule has 0 atom stereocenters. The summed E-state index contributed by atoms with van der Waals surface area (Å²) in [6, 6.07) is 22.5. The number of nitrogens with zero attached hydrogens (tertiary/aromatic N) is 2. The van der Waals surface area contributed by atoms with Gasteiger partial charge in [-0.3, -0.25) is 4.68 Å². The first-order chi connectivity index (χ1) is 14.5. The minimum Gasteiger partial charge on any atom is -0.358 e. The summed E-state index contributed by atoms with van der Waals surface area (Å²) >= 11 is 11.4. The Morgan fingerprint density at radius 3 is 2.53 bits per heavy atom. The lowest BCUT2D eigenvalue weighted by molar-refractivity contribution is 0.662. The van der Waals surface area contributed by atoms with Gasteiger partial charge in [0.1, 0.15) is 0 Å². The van der Waals surface area contributed by atoms with Crippen molar-refractivity contribution >= 4 is 45.4 Å². The maximum absolute atomic E-state index is 5.94. The fraction of sp³-hybridized carbons (Fsp3) is 0.167. The Kier molecular flexibility index (Phi) is 6.02. The lowest BCUT2D eigenvalue weighted by atomic mass is 10.0. The smallest absolute Gasteiger partial charge is 0.171 e. The fourth-order valence-corrected chi connectivity index (χ4v) is 3.87. The van der Waals surface area contributed by atoms with Crippen LogP contribution in [0.5, 0.6) is 0 Å². The minimum atomic E-state index is 0.570. The summed E-state index contributed by atoms with van der Waals surface area (Å²) in [6.45, 7) is 5.40. The van der Waals surface area contributed by atoms with E-state index in [2.05, 4.69) is 60.0 Å². The molecule has 0 unspecified atom stereocenters. The average Bonchev–Trinajstić information content (AvgIpc) is 3.01. The van der Waals surface area contributed by atoms with Crippen molar-refractivity contribution in [2.45, 2.75) is 26.9 Å². The van der Waals surface area contributed by atoms with Crippen LogP contribution in [-0.4, -0.2) is 14.9 Å². The van der Waals surface area contributed by atoms with E-state index in [1.165, 1.54) is 16.3 Å². The molecule has 0 radical (unpaired) electrons. The molecule has 0 amide bonds.